The van der Waals surface area contributed by atoms with Crippen LogP contribution in [0, 0.1) is 0 Å². The van der Waals surface area contributed by atoms with Gasteiger partial charge in [-0.05, 0) is 24.3 Å². The van der Waals surface area contributed by atoms with Gasteiger partial charge in [-0.15, -0.1) is 10.2 Å². The molecule has 0 unspecified atom stereocenters. The molecule has 0 amide bonds. The highest BCUT2D eigenvalue weighted by Crippen LogP contribution is 2.27. The average molecular weight is 382 g/mol. The third-order valence-corrected chi connectivity index (χ3v) is 5.14. The number of nitrogens with zero attached hydrogens (tertiary/aromatic N) is 4. The molecule has 2 heterocycles. The first-order valence-corrected chi connectivity index (χ1v) is 10.0. The topological polar surface area (TPSA) is 52.4 Å². The minimum absolute atomic E-state index is 0.614. The minimum atomic E-state index is 0.614. The van der Waals surface area contributed by atoms with E-state index in [1.54, 1.807) is 11.8 Å². The molecule has 7 heteroatoms. The van der Waals surface area contributed by atoms with E-state index >= 15 is 0 Å². The molecule has 1 aliphatic rings. The van der Waals surface area contributed by atoms with Crippen molar-refractivity contribution >= 4 is 17.7 Å². The molecule has 0 saturated carbocycles. The Morgan fingerprint density at radius 3 is 2.37 bits per heavy atom. The molecule has 0 aliphatic carbocycles. The van der Waals surface area contributed by atoms with Crippen LogP contribution >= 0.6 is 11.8 Å². The van der Waals surface area contributed by atoms with Crippen LogP contribution in [-0.2, 0) is 4.74 Å². The first-order valence-electron chi connectivity index (χ1n) is 9.06. The first kappa shape index (κ1) is 17.9. The SMILES string of the molecule is c1ccc(OCCSc2nnc(N3CCOCC3)n2-c2ccccc2)cc1. The van der Waals surface area contributed by atoms with E-state index in [1.165, 1.54) is 0 Å². The van der Waals surface area contributed by atoms with Crippen LogP contribution in [0.25, 0.3) is 5.69 Å². The lowest BCUT2D eigenvalue weighted by molar-refractivity contribution is 0.122. The molecule has 1 aromatic heterocycles. The van der Waals surface area contributed by atoms with E-state index in [2.05, 4.69) is 31.8 Å². The molecule has 0 N–H and O–H groups in total. The molecule has 140 valence electrons. The Morgan fingerprint density at radius 2 is 1.63 bits per heavy atom. The Labute approximate surface area is 163 Å². The lowest BCUT2D eigenvalue weighted by atomic mass is 10.3. The molecular weight excluding hydrogens is 360 g/mol. The maximum absolute atomic E-state index is 5.79. The lowest BCUT2D eigenvalue weighted by Gasteiger charge is -2.27. The number of rotatable bonds is 7. The Balaban J connectivity index is 1.49. The van der Waals surface area contributed by atoms with Crippen molar-refractivity contribution in [1.82, 2.24) is 14.8 Å². The van der Waals surface area contributed by atoms with E-state index in [4.69, 9.17) is 9.47 Å². The summed E-state index contributed by atoms with van der Waals surface area (Å²) in [5, 5.41) is 9.80. The van der Waals surface area contributed by atoms with Crippen molar-refractivity contribution in [1.29, 1.82) is 0 Å². The van der Waals surface area contributed by atoms with Crippen LogP contribution in [0.5, 0.6) is 5.75 Å². The number of hydrogen-bond acceptors (Lipinski definition) is 6. The number of hydrogen-bond donors (Lipinski definition) is 0. The highest BCUT2D eigenvalue weighted by molar-refractivity contribution is 7.99. The van der Waals surface area contributed by atoms with Gasteiger partial charge in [0.25, 0.3) is 0 Å². The highest BCUT2D eigenvalue weighted by Gasteiger charge is 2.21. The summed E-state index contributed by atoms with van der Waals surface area (Å²) in [5.74, 6) is 2.55. The first-order chi connectivity index (χ1) is 13.4. The van der Waals surface area contributed by atoms with Gasteiger partial charge in [0.1, 0.15) is 5.75 Å². The van der Waals surface area contributed by atoms with Gasteiger partial charge in [0.05, 0.1) is 25.5 Å². The fourth-order valence-corrected chi connectivity index (χ4v) is 3.70. The summed E-state index contributed by atoms with van der Waals surface area (Å²) >= 11 is 1.65. The largest absolute Gasteiger partial charge is 0.493 e. The Hall–Kier alpha value is -2.51. The van der Waals surface area contributed by atoms with Gasteiger partial charge < -0.3 is 14.4 Å². The van der Waals surface area contributed by atoms with Crippen molar-refractivity contribution in [2.75, 3.05) is 43.6 Å². The fourth-order valence-electron chi connectivity index (χ4n) is 2.94. The van der Waals surface area contributed by atoms with Gasteiger partial charge in [0, 0.05) is 18.8 Å². The number of anilines is 1. The summed E-state index contributed by atoms with van der Waals surface area (Å²) in [7, 11) is 0. The number of morpholine rings is 1. The van der Waals surface area contributed by atoms with Crippen molar-refractivity contribution < 1.29 is 9.47 Å². The Morgan fingerprint density at radius 1 is 0.926 bits per heavy atom. The molecule has 2 aromatic carbocycles. The zero-order valence-electron chi connectivity index (χ0n) is 15.0. The summed E-state index contributed by atoms with van der Waals surface area (Å²) in [6.45, 7) is 3.70. The molecule has 0 atom stereocenters. The molecule has 6 nitrogen and oxygen atoms in total. The summed E-state index contributed by atoms with van der Waals surface area (Å²) in [6, 6.07) is 20.1. The maximum Gasteiger partial charge on any atom is 0.232 e. The van der Waals surface area contributed by atoms with Gasteiger partial charge in [-0.3, -0.25) is 4.57 Å². The van der Waals surface area contributed by atoms with Crippen molar-refractivity contribution in [2.24, 2.45) is 0 Å². The second-order valence-electron chi connectivity index (χ2n) is 6.06. The molecule has 0 radical (unpaired) electrons. The average Bonchev–Trinajstić information content (AvgIpc) is 3.17. The predicted octanol–water partition coefficient (Wildman–Crippen LogP) is 3.28. The standard InChI is InChI=1S/C20H22N4O2S/c1-3-7-17(8-4-1)24-19(23-11-13-25-14-12-23)21-22-20(24)27-16-15-26-18-9-5-2-6-10-18/h1-10H,11-16H2. The van der Waals surface area contributed by atoms with Crippen LogP contribution in [-0.4, -0.2) is 53.4 Å². The van der Waals surface area contributed by atoms with E-state index < -0.39 is 0 Å². The van der Waals surface area contributed by atoms with Crippen LogP contribution in [0.15, 0.2) is 65.8 Å². The van der Waals surface area contributed by atoms with Crippen LogP contribution in [0.3, 0.4) is 0 Å². The highest BCUT2D eigenvalue weighted by atomic mass is 32.2. The molecule has 3 aromatic rings. The van der Waals surface area contributed by atoms with E-state index in [0.717, 1.165) is 54.6 Å². The van der Waals surface area contributed by atoms with Gasteiger partial charge in [0.15, 0.2) is 5.16 Å². The number of ether oxygens (including phenoxy) is 2. The van der Waals surface area contributed by atoms with Crippen LogP contribution in [0.4, 0.5) is 5.95 Å². The Kier molecular flexibility index (Phi) is 5.91. The van der Waals surface area contributed by atoms with Gasteiger partial charge in [-0.1, -0.05) is 48.2 Å². The zero-order chi connectivity index (χ0) is 18.3. The van der Waals surface area contributed by atoms with E-state index in [0.29, 0.717) is 6.61 Å². The number of para-hydroxylation sites is 2. The van der Waals surface area contributed by atoms with Crippen LogP contribution < -0.4 is 9.64 Å². The molecule has 1 saturated heterocycles. The number of benzene rings is 2. The second-order valence-corrected chi connectivity index (χ2v) is 7.13. The number of aromatic nitrogens is 3. The quantitative estimate of drug-likeness (QED) is 0.462. The van der Waals surface area contributed by atoms with E-state index in [-0.39, 0.29) is 0 Å². The smallest absolute Gasteiger partial charge is 0.232 e. The second kappa shape index (κ2) is 8.92. The van der Waals surface area contributed by atoms with Gasteiger partial charge >= 0.3 is 0 Å². The van der Waals surface area contributed by atoms with E-state index in [9.17, 15) is 0 Å². The van der Waals surface area contributed by atoms with Crippen molar-refractivity contribution in [3.8, 4) is 11.4 Å². The van der Waals surface area contributed by atoms with Gasteiger partial charge in [0.2, 0.25) is 5.95 Å². The third-order valence-electron chi connectivity index (χ3n) is 4.25. The summed E-state index contributed by atoms with van der Waals surface area (Å²) in [6.07, 6.45) is 0. The summed E-state index contributed by atoms with van der Waals surface area (Å²) < 4.78 is 13.4. The van der Waals surface area contributed by atoms with Gasteiger partial charge in [-0.25, -0.2) is 0 Å². The van der Waals surface area contributed by atoms with Crippen LogP contribution in [0.1, 0.15) is 0 Å². The summed E-state index contributed by atoms with van der Waals surface area (Å²) in [5.41, 5.74) is 1.07. The molecule has 0 spiro atoms. The van der Waals surface area contributed by atoms with Crippen molar-refractivity contribution in [2.45, 2.75) is 5.16 Å². The summed E-state index contributed by atoms with van der Waals surface area (Å²) in [4.78, 5) is 2.23. The Bertz CT molecular complexity index is 836. The fraction of sp³-hybridized carbons (Fsp3) is 0.300. The molecule has 1 aliphatic heterocycles. The third kappa shape index (κ3) is 4.43. The van der Waals surface area contributed by atoms with E-state index in [1.807, 2.05) is 48.5 Å². The molecule has 0 bridgehead atoms. The molecule has 4 rings (SSSR count). The van der Waals surface area contributed by atoms with Crippen molar-refractivity contribution in [3.63, 3.8) is 0 Å². The molecule has 27 heavy (non-hydrogen) atoms. The molecular formula is C20H22N4O2S. The monoisotopic (exact) mass is 382 g/mol. The lowest BCUT2D eigenvalue weighted by Crippen LogP contribution is -2.37. The van der Waals surface area contributed by atoms with Gasteiger partial charge in [-0.2, -0.15) is 0 Å². The maximum atomic E-state index is 5.79. The minimum Gasteiger partial charge on any atom is -0.493 e. The predicted molar refractivity (Wildman–Crippen MR) is 107 cm³/mol. The zero-order valence-corrected chi connectivity index (χ0v) is 15.8. The van der Waals surface area contributed by atoms with Crippen molar-refractivity contribution in [3.05, 3.63) is 60.7 Å². The molecule has 1 fully saturated rings. The normalized spacial score (nSPS) is 14.3. The number of thioether (sulfide) groups is 1. The van der Waals surface area contributed by atoms with Crippen LogP contribution in [0.2, 0.25) is 0 Å².